The summed E-state index contributed by atoms with van der Waals surface area (Å²) in [6.07, 6.45) is 3.84. The van der Waals surface area contributed by atoms with Crippen molar-refractivity contribution >= 4 is 0 Å². The second-order valence-corrected chi connectivity index (χ2v) is 5.68. The molecule has 0 saturated carbocycles. The van der Waals surface area contributed by atoms with E-state index in [1.165, 1.54) is 11.3 Å². The van der Waals surface area contributed by atoms with E-state index in [1.807, 2.05) is 24.7 Å². The molecule has 0 saturated heterocycles. The van der Waals surface area contributed by atoms with E-state index in [9.17, 15) is 0 Å². The zero-order valence-corrected chi connectivity index (χ0v) is 12.0. The molecule has 0 amide bonds. The van der Waals surface area contributed by atoms with Crippen molar-refractivity contribution in [3.8, 4) is 5.75 Å². The third kappa shape index (κ3) is 2.56. The molecule has 20 heavy (non-hydrogen) atoms. The van der Waals surface area contributed by atoms with Crippen molar-refractivity contribution in [1.29, 1.82) is 0 Å². The summed E-state index contributed by atoms with van der Waals surface area (Å²) in [7, 11) is 0. The molecule has 1 aromatic heterocycles. The highest BCUT2D eigenvalue weighted by atomic mass is 16.5. The molecule has 1 N–H and O–H groups in total. The lowest BCUT2D eigenvalue weighted by atomic mass is 10.1. The number of hydrogen-bond acceptors (Lipinski definition) is 3. The first-order valence-electron chi connectivity index (χ1n) is 7.19. The van der Waals surface area contributed by atoms with Crippen molar-refractivity contribution < 1.29 is 4.74 Å². The molecule has 4 heteroatoms. The van der Waals surface area contributed by atoms with Crippen molar-refractivity contribution in [2.75, 3.05) is 13.2 Å². The summed E-state index contributed by atoms with van der Waals surface area (Å²) < 4.78 is 7.98. The van der Waals surface area contributed by atoms with E-state index in [2.05, 4.69) is 40.8 Å². The first kappa shape index (κ1) is 13.2. The van der Waals surface area contributed by atoms with E-state index in [0.29, 0.717) is 12.5 Å². The minimum absolute atomic E-state index is 0.240. The Morgan fingerprint density at radius 1 is 1.40 bits per heavy atom. The Balaban J connectivity index is 1.77. The second-order valence-electron chi connectivity index (χ2n) is 5.68. The van der Waals surface area contributed by atoms with Gasteiger partial charge < -0.3 is 14.6 Å². The Hall–Kier alpha value is -1.81. The smallest absolute Gasteiger partial charge is 0.124 e. The lowest BCUT2D eigenvalue weighted by Crippen LogP contribution is -2.22. The van der Waals surface area contributed by atoms with Gasteiger partial charge in [0.1, 0.15) is 12.4 Å². The summed E-state index contributed by atoms with van der Waals surface area (Å²) in [5, 5.41) is 3.47. The molecule has 0 fully saturated rings. The van der Waals surface area contributed by atoms with Crippen LogP contribution in [0.15, 0.2) is 36.8 Å². The first-order chi connectivity index (χ1) is 9.75. The Morgan fingerprint density at radius 3 is 3.10 bits per heavy atom. The monoisotopic (exact) mass is 271 g/mol. The summed E-state index contributed by atoms with van der Waals surface area (Å²) in [6, 6.07) is 8.49. The molecule has 1 atom stereocenters. The maximum absolute atomic E-state index is 5.76. The van der Waals surface area contributed by atoms with Crippen LogP contribution in [0, 0.1) is 5.92 Å². The number of fused-ring (bicyclic) bond motifs is 1. The number of para-hydroxylation sites is 1. The standard InChI is InChI=1S/C16H21N3O/c1-12(2)7-17-8-13-9-18-11-19(13)15-10-20-16-6-4-3-5-14(15)16/h3-6,9,11-12,15,17H,7-8,10H2,1-2H3. The van der Waals surface area contributed by atoms with Crippen molar-refractivity contribution in [3.63, 3.8) is 0 Å². The van der Waals surface area contributed by atoms with Gasteiger partial charge in [-0.05, 0) is 18.5 Å². The molecular formula is C16H21N3O. The van der Waals surface area contributed by atoms with Crippen molar-refractivity contribution in [2.24, 2.45) is 5.92 Å². The van der Waals surface area contributed by atoms with Gasteiger partial charge >= 0.3 is 0 Å². The van der Waals surface area contributed by atoms with Crippen LogP contribution in [0.3, 0.4) is 0 Å². The van der Waals surface area contributed by atoms with E-state index < -0.39 is 0 Å². The van der Waals surface area contributed by atoms with Crippen molar-refractivity contribution in [1.82, 2.24) is 14.9 Å². The van der Waals surface area contributed by atoms with E-state index in [0.717, 1.165) is 18.8 Å². The molecule has 2 heterocycles. The number of nitrogens with zero attached hydrogens (tertiary/aromatic N) is 2. The van der Waals surface area contributed by atoms with Crippen LogP contribution in [-0.2, 0) is 6.54 Å². The Labute approximate surface area is 119 Å². The molecule has 0 aliphatic carbocycles. The van der Waals surface area contributed by atoms with E-state index >= 15 is 0 Å². The molecule has 1 unspecified atom stereocenters. The van der Waals surface area contributed by atoms with Gasteiger partial charge in [-0.2, -0.15) is 0 Å². The zero-order chi connectivity index (χ0) is 13.9. The van der Waals surface area contributed by atoms with Crippen LogP contribution in [0.1, 0.15) is 31.1 Å². The van der Waals surface area contributed by atoms with Crippen LogP contribution in [-0.4, -0.2) is 22.7 Å². The first-order valence-corrected chi connectivity index (χ1v) is 7.19. The lowest BCUT2D eigenvalue weighted by Gasteiger charge is -2.15. The fourth-order valence-corrected chi connectivity index (χ4v) is 2.61. The SMILES string of the molecule is CC(C)CNCc1cncn1C1COc2ccccc21. The molecule has 2 aromatic rings. The number of nitrogens with one attached hydrogen (secondary N) is 1. The molecule has 0 bridgehead atoms. The molecule has 1 aliphatic rings. The van der Waals surface area contributed by atoms with Gasteiger partial charge in [0.15, 0.2) is 0 Å². The fraction of sp³-hybridized carbons (Fsp3) is 0.438. The Kier molecular flexibility index (Phi) is 3.74. The number of hydrogen-bond donors (Lipinski definition) is 1. The summed E-state index contributed by atoms with van der Waals surface area (Å²) in [5.74, 6) is 1.65. The van der Waals surface area contributed by atoms with Gasteiger partial charge in [0.2, 0.25) is 0 Å². The van der Waals surface area contributed by atoms with Crippen LogP contribution in [0.5, 0.6) is 5.75 Å². The topological polar surface area (TPSA) is 39.1 Å². The highest BCUT2D eigenvalue weighted by Gasteiger charge is 2.26. The Morgan fingerprint density at radius 2 is 2.25 bits per heavy atom. The van der Waals surface area contributed by atoms with Gasteiger partial charge in [-0.3, -0.25) is 0 Å². The highest BCUT2D eigenvalue weighted by molar-refractivity contribution is 5.40. The van der Waals surface area contributed by atoms with Gasteiger partial charge in [0.25, 0.3) is 0 Å². The second kappa shape index (κ2) is 5.67. The van der Waals surface area contributed by atoms with Crippen LogP contribution < -0.4 is 10.1 Å². The predicted molar refractivity (Wildman–Crippen MR) is 78.8 cm³/mol. The Bertz CT molecular complexity index is 577. The number of benzene rings is 1. The normalized spacial score (nSPS) is 17.2. The molecule has 1 aliphatic heterocycles. The van der Waals surface area contributed by atoms with Crippen LogP contribution in [0.25, 0.3) is 0 Å². The van der Waals surface area contributed by atoms with Gasteiger partial charge in [-0.1, -0.05) is 32.0 Å². The molecular weight excluding hydrogens is 250 g/mol. The lowest BCUT2D eigenvalue weighted by molar-refractivity contribution is 0.313. The van der Waals surface area contributed by atoms with Gasteiger partial charge in [-0.15, -0.1) is 0 Å². The zero-order valence-electron chi connectivity index (χ0n) is 12.0. The van der Waals surface area contributed by atoms with Crippen LogP contribution in [0.2, 0.25) is 0 Å². The molecule has 0 spiro atoms. The van der Waals surface area contributed by atoms with Gasteiger partial charge in [0, 0.05) is 18.3 Å². The molecule has 3 rings (SSSR count). The van der Waals surface area contributed by atoms with Crippen LogP contribution in [0.4, 0.5) is 0 Å². The average molecular weight is 271 g/mol. The largest absolute Gasteiger partial charge is 0.491 e. The number of rotatable bonds is 5. The average Bonchev–Trinajstić information content (AvgIpc) is 3.04. The van der Waals surface area contributed by atoms with Crippen LogP contribution >= 0.6 is 0 Å². The molecule has 1 aromatic carbocycles. The summed E-state index contributed by atoms with van der Waals surface area (Å²) in [6.45, 7) is 6.98. The van der Waals surface area contributed by atoms with E-state index in [1.54, 1.807) is 0 Å². The van der Waals surface area contributed by atoms with E-state index in [4.69, 9.17) is 4.74 Å². The molecule has 0 radical (unpaired) electrons. The number of aromatic nitrogens is 2. The highest BCUT2D eigenvalue weighted by Crippen LogP contribution is 2.34. The quantitative estimate of drug-likeness (QED) is 0.908. The summed E-state index contributed by atoms with van der Waals surface area (Å²) in [5.41, 5.74) is 2.45. The fourth-order valence-electron chi connectivity index (χ4n) is 2.61. The molecule has 4 nitrogen and oxygen atoms in total. The summed E-state index contributed by atoms with van der Waals surface area (Å²) >= 11 is 0. The predicted octanol–water partition coefficient (Wildman–Crippen LogP) is 2.61. The van der Waals surface area contributed by atoms with E-state index in [-0.39, 0.29) is 6.04 Å². The minimum Gasteiger partial charge on any atom is -0.491 e. The van der Waals surface area contributed by atoms with Gasteiger partial charge in [0.05, 0.1) is 18.1 Å². The maximum atomic E-state index is 5.76. The number of imidazole rings is 1. The number of ether oxygens (including phenoxy) is 1. The van der Waals surface area contributed by atoms with Crippen molar-refractivity contribution in [3.05, 3.63) is 48.0 Å². The van der Waals surface area contributed by atoms with Gasteiger partial charge in [-0.25, -0.2) is 4.98 Å². The minimum atomic E-state index is 0.240. The summed E-state index contributed by atoms with van der Waals surface area (Å²) in [4.78, 5) is 4.30. The molecule has 106 valence electrons. The maximum Gasteiger partial charge on any atom is 0.124 e. The van der Waals surface area contributed by atoms with Crippen molar-refractivity contribution in [2.45, 2.75) is 26.4 Å². The third-order valence-corrected chi connectivity index (χ3v) is 3.62. The third-order valence-electron chi connectivity index (χ3n) is 3.62.